The first-order valence-corrected chi connectivity index (χ1v) is 3.69. The zero-order chi connectivity index (χ0) is 7.40. The Kier molecular flexibility index (Phi) is 2.69. The fourth-order valence-corrected chi connectivity index (χ4v) is 1.17. The Morgan fingerprint density at radius 2 is 2.20 bits per heavy atom. The van der Waals surface area contributed by atoms with Crippen LogP contribution >= 0.6 is 0 Å². The molecule has 1 atom stereocenters. The molecule has 1 unspecified atom stereocenters. The van der Waals surface area contributed by atoms with E-state index in [9.17, 15) is 0 Å². The van der Waals surface area contributed by atoms with Crippen molar-refractivity contribution < 1.29 is 4.74 Å². The topological polar surface area (TPSA) is 9.23 Å². The smallest absolute Gasteiger partial charge is 0.0522 e. The predicted octanol–water partition coefficient (Wildman–Crippen LogP) is 2.01. The molecule has 1 heterocycles. The average molecular weight is 138 g/mol. The molecule has 1 heteroatoms. The minimum absolute atomic E-state index is 0.589. The lowest BCUT2D eigenvalue weighted by atomic mass is 9.88. The molecule has 1 rings (SSSR count). The molecular weight excluding hydrogens is 124 g/mol. The zero-order valence-electron chi connectivity index (χ0n) is 6.25. The van der Waals surface area contributed by atoms with Crippen LogP contribution in [0.2, 0.25) is 0 Å². The number of ether oxygens (including phenoxy) is 1. The normalized spacial score (nSPS) is 21.2. The number of hydrogen-bond donors (Lipinski definition) is 0. The molecule has 1 nitrogen and oxygen atoms in total. The Morgan fingerprint density at radius 1 is 1.50 bits per heavy atom. The summed E-state index contributed by atoms with van der Waals surface area (Å²) in [5.41, 5.74) is 0. The maximum absolute atomic E-state index is 5.08. The monoisotopic (exact) mass is 138 g/mol. The molecule has 0 aromatic carbocycles. The second-order valence-electron chi connectivity index (χ2n) is 2.72. The molecular formula is C9H14O. The van der Waals surface area contributed by atoms with E-state index in [0.29, 0.717) is 11.8 Å². The van der Waals surface area contributed by atoms with Crippen LogP contribution in [0.4, 0.5) is 0 Å². The van der Waals surface area contributed by atoms with Gasteiger partial charge >= 0.3 is 0 Å². The third-order valence-corrected chi connectivity index (χ3v) is 2.01. The van der Waals surface area contributed by atoms with Crippen molar-refractivity contribution in [3.8, 4) is 0 Å². The number of hydrogen-bond acceptors (Lipinski definition) is 1. The molecule has 0 bridgehead atoms. The van der Waals surface area contributed by atoms with E-state index in [1.807, 2.05) is 12.2 Å². The van der Waals surface area contributed by atoms with Gasteiger partial charge in [-0.1, -0.05) is 12.2 Å². The Balaban J connectivity index is 2.30. The van der Waals surface area contributed by atoms with Crippen molar-refractivity contribution in [2.24, 2.45) is 11.8 Å². The molecule has 0 aliphatic carbocycles. The summed E-state index contributed by atoms with van der Waals surface area (Å²) in [5, 5.41) is 0. The van der Waals surface area contributed by atoms with Crippen molar-refractivity contribution in [3.05, 3.63) is 25.3 Å². The molecule has 0 aromatic heterocycles. The molecule has 10 heavy (non-hydrogen) atoms. The summed E-state index contributed by atoms with van der Waals surface area (Å²) in [6, 6.07) is 0. The van der Waals surface area contributed by atoms with Gasteiger partial charge in [0.2, 0.25) is 0 Å². The molecule has 1 aliphatic rings. The second kappa shape index (κ2) is 3.57. The quantitative estimate of drug-likeness (QED) is 0.540. The minimum Gasteiger partial charge on any atom is -0.381 e. The first-order chi connectivity index (χ1) is 4.88. The van der Waals surface area contributed by atoms with Gasteiger partial charge < -0.3 is 4.74 Å². The van der Waals surface area contributed by atoms with Crippen LogP contribution in [0.3, 0.4) is 0 Å². The largest absolute Gasteiger partial charge is 0.381 e. The van der Waals surface area contributed by atoms with Gasteiger partial charge in [0.25, 0.3) is 0 Å². The van der Waals surface area contributed by atoms with Crippen LogP contribution in [0.15, 0.2) is 25.3 Å². The third-order valence-electron chi connectivity index (χ3n) is 2.01. The lowest BCUT2D eigenvalue weighted by Crippen LogP contribution is -2.33. The molecule has 1 saturated heterocycles. The summed E-state index contributed by atoms with van der Waals surface area (Å²) in [7, 11) is 0. The molecule has 56 valence electrons. The van der Waals surface area contributed by atoms with Crippen molar-refractivity contribution in [2.45, 2.75) is 6.42 Å². The maximum Gasteiger partial charge on any atom is 0.0522 e. The van der Waals surface area contributed by atoms with Gasteiger partial charge in [-0.2, -0.15) is 0 Å². The summed E-state index contributed by atoms with van der Waals surface area (Å²) in [5.74, 6) is 1.29. The van der Waals surface area contributed by atoms with Crippen molar-refractivity contribution >= 4 is 0 Å². The van der Waals surface area contributed by atoms with Crippen LogP contribution < -0.4 is 0 Å². The summed E-state index contributed by atoms with van der Waals surface area (Å²) >= 11 is 0. The predicted molar refractivity (Wildman–Crippen MR) is 42.8 cm³/mol. The first kappa shape index (κ1) is 7.55. The lowest BCUT2D eigenvalue weighted by Gasteiger charge is -2.31. The van der Waals surface area contributed by atoms with Gasteiger partial charge in [0.05, 0.1) is 13.2 Å². The van der Waals surface area contributed by atoms with Crippen molar-refractivity contribution in [3.63, 3.8) is 0 Å². The van der Waals surface area contributed by atoms with Gasteiger partial charge in [0, 0.05) is 5.92 Å². The Morgan fingerprint density at radius 3 is 2.50 bits per heavy atom. The molecule has 0 radical (unpaired) electrons. The Hall–Kier alpha value is -0.560. The van der Waals surface area contributed by atoms with E-state index in [-0.39, 0.29) is 0 Å². The van der Waals surface area contributed by atoms with E-state index >= 15 is 0 Å². The van der Waals surface area contributed by atoms with Crippen LogP contribution in [0.25, 0.3) is 0 Å². The summed E-state index contributed by atoms with van der Waals surface area (Å²) in [6.45, 7) is 9.29. The van der Waals surface area contributed by atoms with Gasteiger partial charge in [0.1, 0.15) is 0 Å². The highest BCUT2D eigenvalue weighted by Crippen LogP contribution is 2.24. The van der Waals surface area contributed by atoms with Gasteiger partial charge in [-0.3, -0.25) is 0 Å². The van der Waals surface area contributed by atoms with Crippen LogP contribution in [-0.4, -0.2) is 13.2 Å². The fourth-order valence-electron chi connectivity index (χ4n) is 1.17. The Labute approximate surface area is 62.4 Å². The van der Waals surface area contributed by atoms with E-state index in [1.54, 1.807) is 0 Å². The standard InChI is InChI=1S/C9H14O/c1-3-5-8(4-2)9-6-10-7-9/h3-4,8-9H,1-2,5-7H2. The summed E-state index contributed by atoms with van der Waals surface area (Å²) in [6.07, 6.45) is 5.00. The van der Waals surface area contributed by atoms with Crippen molar-refractivity contribution in [2.75, 3.05) is 13.2 Å². The highest BCUT2D eigenvalue weighted by atomic mass is 16.5. The van der Waals surface area contributed by atoms with Gasteiger partial charge in [0.15, 0.2) is 0 Å². The van der Waals surface area contributed by atoms with Crippen LogP contribution in [0.1, 0.15) is 6.42 Å². The van der Waals surface area contributed by atoms with E-state index in [4.69, 9.17) is 4.74 Å². The number of rotatable bonds is 4. The fraction of sp³-hybridized carbons (Fsp3) is 0.556. The molecule has 1 aliphatic heterocycles. The van der Waals surface area contributed by atoms with Crippen LogP contribution in [0.5, 0.6) is 0 Å². The Bertz CT molecular complexity index is 125. The highest BCUT2D eigenvalue weighted by molar-refractivity contribution is 4.91. The lowest BCUT2D eigenvalue weighted by molar-refractivity contribution is -0.0507. The van der Waals surface area contributed by atoms with E-state index in [0.717, 1.165) is 19.6 Å². The van der Waals surface area contributed by atoms with Gasteiger partial charge in [-0.25, -0.2) is 0 Å². The number of allylic oxidation sites excluding steroid dienone is 2. The minimum atomic E-state index is 0.589. The molecule has 0 spiro atoms. The highest BCUT2D eigenvalue weighted by Gasteiger charge is 2.24. The van der Waals surface area contributed by atoms with Gasteiger partial charge in [-0.15, -0.1) is 13.2 Å². The summed E-state index contributed by atoms with van der Waals surface area (Å²) < 4.78 is 5.08. The molecule has 0 saturated carbocycles. The van der Waals surface area contributed by atoms with Crippen LogP contribution in [-0.2, 0) is 4.74 Å². The zero-order valence-corrected chi connectivity index (χ0v) is 6.25. The van der Waals surface area contributed by atoms with Crippen LogP contribution in [0, 0.1) is 11.8 Å². The second-order valence-corrected chi connectivity index (χ2v) is 2.72. The van der Waals surface area contributed by atoms with Gasteiger partial charge in [-0.05, 0) is 12.3 Å². The van der Waals surface area contributed by atoms with E-state index in [1.165, 1.54) is 0 Å². The van der Waals surface area contributed by atoms with E-state index in [2.05, 4.69) is 13.2 Å². The van der Waals surface area contributed by atoms with Crippen molar-refractivity contribution in [1.82, 2.24) is 0 Å². The SMILES string of the molecule is C=CCC(C=C)C1COC1. The average Bonchev–Trinajstić information content (AvgIpc) is 1.83. The van der Waals surface area contributed by atoms with Crippen molar-refractivity contribution in [1.29, 1.82) is 0 Å². The maximum atomic E-state index is 5.08. The first-order valence-electron chi connectivity index (χ1n) is 3.69. The molecule has 0 N–H and O–H groups in total. The molecule has 1 fully saturated rings. The summed E-state index contributed by atoms with van der Waals surface area (Å²) in [4.78, 5) is 0. The molecule has 0 aromatic rings. The third kappa shape index (κ3) is 1.48. The molecule has 0 amide bonds. The van der Waals surface area contributed by atoms with E-state index < -0.39 is 0 Å².